The maximum Gasteiger partial charge on any atom is 0.314 e. The summed E-state index contributed by atoms with van der Waals surface area (Å²) in [5.41, 5.74) is 1.11. The van der Waals surface area contributed by atoms with Crippen molar-refractivity contribution in [2.75, 3.05) is 18.0 Å². The van der Waals surface area contributed by atoms with E-state index in [1.807, 2.05) is 17.9 Å². The summed E-state index contributed by atoms with van der Waals surface area (Å²) in [5.74, 6) is -0.902. The molecule has 4 rings (SSSR count). The van der Waals surface area contributed by atoms with Gasteiger partial charge in [0.15, 0.2) is 0 Å². The SMILES string of the molecule is Cc1cc(N2CC[C@H](O)[C@@](CC3CC3)(C(=O)O)C2)c2cc(F)ccc2n1. The Labute approximate surface area is 151 Å². The third-order valence-electron chi connectivity index (χ3n) is 5.78. The molecule has 2 aliphatic rings. The molecule has 0 bridgehead atoms. The molecule has 5 nitrogen and oxygen atoms in total. The fourth-order valence-electron chi connectivity index (χ4n) is 4.19. The van der Waals surface area contributed by atoms with Gasteiger partial charge in [-0.2, -0.15) is 0 Å². The number of aliphatic hydroxyl groups excluding tert-OH is 1. The first-order chi connectivity index (χ1) is 12.4. The number of aliphatic hydroxyl groups is 1. The van der Waals surface area contributed by atoms with Crippen LogP contribution in [0.4, 0.5) is 10.1 Å². The summed E-state index contributed by atoms with van der Waals surface area (Å²) in [5, 5.41) is 21.2. The lowest BCUT2D eigenvalue weighted by Crippen LogP contribution is -2.56. The van der Waals surface area contributed by atoms with Crippen LogP contribution in [0.3, 0.4) is 0 Å². The fourth-order valence-corrected chi connectivity index (χ4v) is 4.19. The van der Waals surface area contributed by atoms with Crippen LogP contribution in [-0.2, 0) is 4.79 Å². The Morgan fingerprint density at radius 2 is 2.12 bits per heavy atom. The van der Waals surface area contributed by atoms with Crippen molar-refractivity contribution in [1.29, 1.82) is 0 Å². The highest BCUT2D eigenvalue weighted by Gasteiger charge is 2.51. The molecule has 1 saturated carbocycles. The van der Waals surface area contributed by atoms with E-state index in [1.165, 1.54) is 12.1 Å². The lowest BCUT2D eigenvalue weighted by Gasteiger charge is -2.44. The van der Waals surface area contributed by atoms with E-state index in [0.29, 0.717) is 36.2 Å². The maximum atomic E-state index is 13.8. The highest BCUT2D eigenvalue weighted by molar-refractivity contribution is 5.92. The number of nitrogens with zero attached hydrogens (tertiary/aromatic N) is 2. The summed E-state index contributed by atoms with van der Waals surface area (Å²) < 4.78 is 13.8. The van der Waals surface area contributed by atoms with Crippen molar-refractivity contribution in [3.63, 3.8) is 0 Å². The molecule has 1 aliphatic carbocycles. The molecular weight excluding hydrogens is 335 g/mol. The zero-order chi connectivity index (χ0) is 18.5. The molecular formula is C20H23FN2O3. The lowest BCUT2D eigenvalue weighted by molar-refractivity contribution is -0.158. The second kappa shape index (κ2) is 6.20. The van der Waals surface area contributed by atoms with E-state index in [0.717, 1.165) is 24.2 Å². The van der Waals surface area contributed by atoms with Crippen molar-refractivity contribution in [3.8, 4) is 0 Å². The summed E-state index contributed by atoms with van der Waals surface area (Å²) >= 11 is 0. The standard InChI is InChI=1S/C20H23FN2O3/c1-12-8-17(15-9-14(21)4-5-16(15)22-12)23-7-6-18(24)20(11-23,19(25)26)10-13-2-3-13/h4-5,8-9,13,18,24H,2-3,6-7,10-11H2,1H3,(H,25,26)/t18-,20-/m0/s1. The van der Waals surface area contributed by atoms with Crippen LogP contribution >= 0.6 is 0 Å². The smallest absolute Gasteiger partial charge is 0.314 e. The molecule has 0 amide bonds. The molecule has 1 saturated heterocycles. The van der Waals surface area contributed by atoms with E-state index >= 15 is 0 Å². The number of hydrogen-bond acceptors (Lipinski definition) is 4. The van der Waals surface area contributed by atoms with Gasteiger partial charge in [-0.05, 0) is 49.9 Å². The number of carboxylic acids is 1. The van der Waals surface area contributed by atoms with Gasteiger partial charge in [-0.25, -0.2) is 4.39 Å². The predicted molar refractivity (Wildman–Crippen MR) is 96.7 cm³/mol. The minimum atomic E-state index is -1.17. The number of piperidine rings is 1. The molecule has 2 N–H and O–H groups in total. The highest BCUT2D eigenvalue weighted by atomic mass is 19.1. The van der Waals surface area contributed by atoms with Crippen LogP contribution in [0.15, 0.2) is 24.3 Å². The van der Waals surface area contributed by atoms with Gasteiger partial charge in [-0.3, -0.25) is 9.78 Å². The second-order valence-corrected chi connectivity index (χ2v) is 7.78. The molecule has 0 spiro atoms. The van der Waals surface area contributed by atoms with Crippen molar-refractivity contribution < 1.29 is 19.4 Å². The Balaban J connectivity index is 1.77. The number of aromatic nitrogens is 1. The molecule has 138 valence electrons. The van der Waals surface area contributed by atoms with Gasteiger partial charge in [0.05, 0.1) is 11.6 Å². The average Bonchev–Trinajstić information content (AvgIpc) is 3.40. The number of carbonyl (C=O) groups is 1. The van der Waals surface area contributed by atoms with Gasteiger partial charge in [0.1, 0.15) is 11.2 Å². The molecule has 1 aromatic heterocycles. The number of aryl methyl sites for hydroxylation is 1. The maximum absolute atomic E-state index is 13.8. The number of hydrogen-bond donors (Lipinski definition) is 2. The summed E-state index contributed by atoms with van der Waals surface area (Å²) in [4.78, 5) is 18.6. The number of carboxylic acid groups (broad SMARTS) is 1. The summed E-state index contributed by atoms with van der Waals surface area (Å²) in [6, 6.07) is 6.36. The minimum Gasteiger partial charge on any atom is -0.481 e. The van der Waals surface area contributed by atoms with E-state index in [-0.39, 0.29) is 12.4 Å². The zero-order valence-electron chi connectivity index (χ0n) is 14.8. The van der Waals surface area contributed by atoms with Gasteiger partial charge < -0.3 is 15.1 Å². The molecule has 2 fully saturated rings. The molecule has 6 heteroatoms. The number of rotatable bonds is 4. The van der Waals surface area contributed by atoms with Gasteiger partial charge in [-0.15, -0.1) is 0 Å². The summed E-state index contributed by atoms with van der Waals surface area (Å²) in [6.07, 6.45) is 2.09. The summed E-state index contributed by atoms with van der Waals surface area (Å²) in [6.45, 7) is 2.64. The van der Waals surface area contributed by atoms with Crippen LogP contribution in [0.5, 0.6) is 0 Å². The van der Waals surface area contributed by atoms with Crippen molar-refractivity contribution in [2.45, 2.75) is 38.7 Å². The number of anilines is 1. The molecule has 0 unspecified atom stereocenters. The number of aliphatic carboxylic acids is 1. The molecule has 1 aliphatic heterocycles. The molecule has 0 radical (unpaired) electrons. The summed E-state index contributed by atoms with van der Waals surface area (Å²) in [7, 11) is 0. The largest absolute Gasteiger partial charge is 0.481 e. The topological polar surface area (TPSA) is 73.7 Å². The van der Waals surface area contributed by atoms with E-state index in [2.05, 4.69) is 4.98 Å². The number of fused-ring (bicyclic) bond motifs is 1. The predicted octanol–water partition coefficient (Wildman–Crippen LogP) is 3.12. The fraction of sp³-hybridized carbons (Fsp3) is 0.500. The first-order valence-corrected chi connectivity index (χ1v) is 9.12. The number of benzene rings is 1. The van der Waals surface area contributed by atoms with Crippen LogP contribution in [-0.4, -0.2) is 40.4 Å². The quantitative estimate of drug-likeness (QED) is 0.878. The average molecular weight is 358 g/mol. The Bertz CT molecular complexity index is 868. The third kappa shape index (κ3) is 2.92. The van der Waals surface area contributed by atoms with Crippen molar-refractivity contribution >= 4 is 22.6 Å². The zero-order valence-corrected chi connectivity index (χ0v) is 14.8. The van der Waals surface area contributed by atoms with Crippen LogP contribution < -0.4 is 4.90 Å². The van der Waals surface area contributed by atoms with E-state index < -0.39 is 17.5 Å². The van der Waals surface area contributed by atoms with Gasteiger partial charge in [0, 0.05) is 29.9 Å². The molecule has 26 heavy (non-hydrogen) atoms. The number of pyridine rings is 1. The van der Waals surface area contributed by atoms with Crippen LogP contribution in [0, 0.1) is 24.1 Å². The second-order valence-electron chi connectivity index (χ2n) is 7.78. The van der Waals surface area contributed by atoms with Crippen molar-refractivity contribution in [2.24, 2.45) is 11.3 Å². The normalized spacial score (nSPS) is 26.3. The van der Waals surface area contributed by atoms with Gasteiger partial charge in [0.2, 0.25) is 0 Å². The molecule has 2 heterocycles. The van der Waals surface area contributed by atoms with E-state index in [4.69, 9.17) is 0 Å². The Kier molecular flexibility index (Phi) is 4.10. The van der Waals surface area contributed by atoms with Gasteiger partial charge in [-0.1, -0.05) is 12.8 Å². The molecule has 1 aromatic carbocycles. The van der Waals surface area contributed by atoms with Crippen molar-refractivity contribution in [3.05, 3.63) is 35.8 Å². The molecule has 2 atom stereocenters. The first kappa shape index (κ1) is 17.2. The first-order valence-electron chi connectivity index (χ1n) is 9.12. The Morgan fingerprint density at radius 3 is 2.81 bits per heavy atom. The van der Waals surface area contributed by atoms with E-state index in [9.17, 15) is 19.4 Å². The van der Waals surface area contributed by atoms with E-state index in [1.54, 1.807) is 6.07 Å². The molecule has 2 aromatic rings. The monoisotopic (exact) mass is 358 g/mol. The minimum absolute atomic E-state index is 0.231. The Hall–Kier alpha value is -2.21. The van der Waals surface area contributed by atoms with Crippen LogP contribution in [0.25, 0.3) is 10.9 Å². The third-order valence-corrected chi connectivity index (χ3v) is 5.78. The van der Waals surface area contributed by atoms with Crippen LogP contribution in [0.2, 0.25) is 0 Å². The number of halogens is 1. The van der Waals surface area contributed by atoms with Gasteiger partial charge >= 0.3 is 5.97 Å². The Morgan fingerprint density at radius 1 is 1.35 bits per heavy atom. The van der Waals surface area contributed by atoms with Crippen molar-refractivity contribution in [1.82, 2.24) is 4.98 Å². The van der Waals surface area contributed by atoms with Crippen LogP contribution in [0.1, 0.15) is 31.4 Å². The van der Waals surface area contributed by atoms with Gasteiger partial charge in [0.25, 0.3) is 0 Å². The lowest BCUT2D eigenvalue weighted by atomic mass is 9.73. The highest BCUT2D eigenvalue weighted by Crippen LogP contribution is 2.46.